The number of imidazole rings is 1. The van der Waals surface area contributed by atoms with Crippen molar-refractivity contribution in [3.63, 3.8) is 0 Å². The summed E-state index contributed by atoms with van der Waals surface area (Å²) < 4.78 is 5.20. The van der Waals surface area contributed by atoms with Crippen molar-refractivity contribution in [1.29, 1.82) is 0 Å². The second-order valence-electron chi connectivity index (χ2n) is 8.82. The van der Waals surface area contributed by atoms with E-state index in [1.54, 1.807) is 31.4 Å². The normalized spacial score (nSPS) is 18.5. The molecule has 0 atom stereocenters. The number of benzene rings is 2. The molecule has 0 spiro atoms. The predicted octanol–water partition coefficient (Wildman–Crippen LogP) is 5.96. The van der Waals surface area contributed by atoms with E-state index in [4.69, 9.17) is 9.72 Å². The van der Waals surface area contributed by atoms with Crippen molar-refractivity contribution in [2.75, 3.05) is 30.4 Å². The van der Waals surface area contributed by atoms with E-state index in [1.807, 2.05) is 6.07 Å². The number of rotatable bonds is 7. The van der Waals surface area contributed by atoms with Gasteiger partial charge in [-0.1, -0.05) is 19.8 Å². The molecule has 1 aliphatic carbocycles. The lowest BCUT2D eigenvalue weighted by Crippen LogP contribution is -2.24. The smallest absolute Gasteiger partial charge is 0.255 e. The lowest BCUT2D eigenvalue weighted by molar-refractivity contribution is 0.102. The Morgan fingerprint density at radius 2 is 1.81 bits per heavy atom. The van der Waals surface area contributed by atoms with E-state index >= 15 is 0 Å². The van der Waals surface area contributed by atoms with Crippen LogP contribution in [-0.2, 0) is 0 Å². The molecule has 1 aromatic heterocycles. The second kappa shape index (κ2) is 9.63. The zero-order valence-corrected chi connectivity index (χ0v) is 19.6. The Labute approximate surface area is 190 Å². The summed E-state index contributed by atoms with van der Waals surface area (Å²) in [5.41, 5.74) is 4.33. The number of aromatic amines is 1. The van der Waals surface area contributed by atoms with E-state index in [0.717, 1.165) is 53.0 Å². The van der Waals surface area contributed by atoms with Gasteiger partial charge in [-0.3, -0.25) is 4.79 Å². The minimum atomic E-state index is -0.138. The summed E-state index contributed by atoms with van der Waals surface area (Å²) in [6, 6.07) is 11.3. The van der Waals surface area contributed by atoms with Crippen LogP contribution < -0.4 is 15.0 Å². The van der Waals surface area contributed by atoms with Gasteiger partial charge in [-0.25, -0.2) is 4.98 Å². The van der Waals surface area contributed by atoms with Crippen molar-refractivity contribution in [1.82, 2.24) is 9.97 Å². The summed E-state index contributed by atoms with van der Waals surface area (Å²) >= 11 is 0. The Kier molecular flexibility index (Phi) is 6.68. The van der Waals surface area contributed by atoms with E-state index < -0.39 is 0 Å². The van der Waals surface area contributed by atoms with Gasteiger partial charge in [0.1, 0.15) is 11.6 Å². The maximum Gasteiger partial charge on any atom is 0.255 e. The largest absolute Gasteiger partial charge is 0.497 e. The lowest BCUT2D eigenvalue weighted by Gasteiger charge is -2.24. The van der Waals surface area contributed by atoms with Crippen molar-refractivity contribution in [3.05, 3.63) is 47.8 Å². The standard InChI is InChI=1S/C26H34N4O2/c1-5-30(6-2)24-16-22-21(27-25(28-22)18-9-7-17(3)8-10-18)15-23(24)29-26(31)19-11-13-20(32-4)14-12-19/h11-18H,5-10H2,1-4H3,(H,27,28)(H,29,31). The number of carbonyl (C=O) groups is 1. The van der Waals surface area contributed by atoms with E-state index in [9.17, 15) is 4.79 Å². The maximum absolute atomic E-state index is 13.0. The zero-order chi connectivity index (χ0) is 22.7. The van der Waals surface area contributed by atoms with Crippen LogP contribution >= 0.6 is 0 Å². The number of anilines is 2. The van der Waals surface area contributed by atoms with Gasteiger partial charge in [0, 0.05) is 24.6 Å². The molecule has 0 unspecified atom stereocenters. The molecule has 0 aliphatic heterocycles. The molecule has 0 radical (unpaired) electrons. The molecule has 0 saturated heterocycles. The summed E-state index contributed by atoms with van der Waals surface area (Å²) in [5.74, 6) is 2.98. The number of carbonyl (C=O) groups excluding carboxylic acids is 1. The van der Waals surface area contributed by atoms with Crippen LogP contribution in [0.3, 0.4) is 0 Å². The molecule has 6 heteroatoms. The minimum Gasteiger partial charge on any atom is -0.497 e. The van der Waals surface area contributed by atoms with Crippen LogP contribution in [0.5, 0.6) is 5.75 Å². The lowest BCUT2D eigenvalue weighted by atomic mass is 9.83. The molecule has 2 N–H and O–H groups in total. The van der Waals surface area contributed by atoms with Crippen molar-refractivity contribution in [3.8, 4) is 5.75 Å². The fourth-order valence-corrected chi connectivity index (χ4v) is 4.66. The van der Waals surface area contributed by atoms with Gasteiger partial charge in [-0.2, -0.15) is 0 Å². The van der Waals surface area contributed by atoms with Crippen LogP contribution in [0.2, 0.25) is 0 Å². The number of fused-ring (bicyclic) bond motifs is 1. The number of hydrogen-bond acceptors (Lipinski definition) is 4. The third-order valence-electron chi connectivity index (χ3n) is 6.72. The molecule has 1 fully saturated rings. The average molecular weight is 435 g/mol. The SMILES string of the molecule is CCN(CC)c1cc2nc(C3CCC(C)CC3)[nH]c2cc1NC(=O)c1ccc(OC)cc1. The van der Waals surface area contributed by atoms with Crippen molar-refractivity contribution >= 4 is 28.3 Å². The highest BCUT2D eigenvalue weighted by atomic mass is 16.5. The summed E-state index contributed by atoms with van der Waals surface area (Å²) in [5, 5.41) is 3.13. The first-order chi connectivity index (χ1) is 15.5. The molecule has 6 nitrogen and oxygen atoms in total. The second-order valence-corrected chi connectivity index (χ2v) is 8.82. The molecular weight excluding hydrogens is 400 g/mol. The number of methoxy groups -OCH3 is 1. The number of amides is 1. The Morgan fingerprint density at radius 1 is 1.12 bits per heavy atom. The zero-order valence-electron chi connectivity index (χ0n) is 19.6. The van der Waals surface area contributed by atoms with Gasteiger partial charge in [-0.05, 0) is 69.0 Å². The summed E-state index contributed by atoms with van der Waals surface area (Å²) in [7, 11) is 1.62. The first kappa shape index (κ1) is 22.2. The molecule has 1 heterocycles. The van der Waals surface area contributed by atoms with Gasteiger partial charge >= 0.3 is 0 Å². The Morgan fingerprint density at radius 3 is 2.44 bits per heavy atom. The van der Waals surface area contributed by atoms with Crippen LogP contribution in [0.15, 0.2) is 36.4 Å². The minimum absolute atomic E-state index is 0.138. The van der Waals surface area contributed by atoms with Gasteiger partial charge in [0.2, 0.25) is 0 Å². The third-order valence-corrected chi connectivity index (χ3v) is 6.72. The van der Waals surface area contributed by atoms with Gasteiger partial charge in [0.05, 0.1) is 29.5 Å². The molecule has 170 valence electrons. The highest BCUT2D eigenvalue weighted by Gasteiger charge is 2.23. The number of ether oxygens (including phenoxy) is 1. The van der Waals surface area contributed by atoms with Crippen LogP contribution in [0.25, 0.3) is 11.0 Å². The molecule has 1 amide bonds. The number of nitrogens with zero attached hydrogens (tertiary/aromatic N) is 2. The molecule has 3 aromatic rings. The quantitative estimate of drug-likeness (QED) is 0.481. The highest BCUT2D eigenvalue weighted by Crippen LogP contribution is 2.37. The number of aromatic nitrogens is 2. The third kappa shape index (κ3) is 4.59. The molecule has 1 aliphatic rings. The monoisotopic (exact) mass is 434 g/mol. The molecular formula is C26H34N4O2. The van der Waals surface area contributed by atoms with E-state index in [-0.39, 0.29) is 5.91 Å². The van der Waals surface area contributed by atoms with Crippen LogP contribution in [-0.4, -0.2) is 36.1 Å². The summed E-state index contributed by atoms with van der Waals surface area (Å²) in [4.78, 5) is 23.8. The first-order valence-electron chi connectivity index (χ1n) is 11.8. The Hall–Kier alpha value is -3.02. The molecule has 1 saturated carbocycles. The maximum atomic E-state index is 13.0. The molecule has 32 heavy (non-hydrogen) atoms. The molecule has 4 rings (SSSR count). The number of H-pyrrole nitrogens is 1. The average Bonchev–Trinajstić information content (AvgIpc) is 3.23. The highest BCUT2D eigenvalue weighted by molar-refractivity contribution is 6.07. The Bertz CT molecular complexity index is 1060. The molecule has 0 bridgehead atoms. The van der Waals surface area contributed by atoms with Gasteiger partial charge in [0.15, 0.2) is 0 Å². The van der Waals surface area contributed by atoms with Crippen LogP contribution in [0.1, 0.15) is 68.6 Å². The van der Waals surface area contributed by atoms with Gasteiger partial charge in [-0.15, -0.1) is 0 Å². The number of hydrogen-bond donors (Lipinski definition) is 2. The van der Waals surface area contributed by atoms with Crippen molar-refractivity contribution < 1.29 is 9.53 Å². The summed E-state index contributed by atoms with van der Waals surface area (Å²) in [6.45, 7) is 8.29. The van der Waals surface area contributed by atoms with Crippen molar-refractivity contribution in [2.45, 2.75) is 52.4 Å². The topological polar surface area (TPSA) is 70.2 Å². The van der Waals surface area contributed by atoms with Gasteiger partial charge in [0.25, 0.3) is 5.91 Å². The fraction of sp³-hybridized carbons (Fsp3) is 0.462. The van der Waals surface area contributed by atoms with E-state index in [1.165, 1.54) is 25.7 Å². The van der Waals surface area contributed by atoms with Crippen molar-refractivity contribution in [2.24, 2.45) is 5.92 Å². The summed E-state index contributed by atoms with van der Waals surface area (Å²) in [6.07, 6.45) is 4.89. The van der Waals surface area contributed by atoms with Crippen LogP contribution in [0.4, 0.5) is 11.4 Å². The molecule has 2 aromatic carbocycles. The van der Waals surface area contributed by atoms with E-state index in [0.29, 0.717) is 11.5 Å². The van der Waals surface area contributed by atoms with E-state index in [2.05, 4.69) is 42.0 Å². The Balaban J connectivity index is 1.67. The fourth-order valence-electron chi connectivity index (χ4n) is 4.66. The number of nitrogens with one attached hydrogen (secondary N) is 2. The first-order valence-corrected chi connectivity index (χ1v) is 11.8. The predicted molar refractivity (Wildman–Crippen MR) is 131 cm³/mol. The van der Waals surface area contributed by atoms with Gasteiger partial charge < -0.3 is 19.9 Å². The van der Waals surface area contributed by atoms with Crippen LogP contribution in [0, 0.1) is 5.92 Å².